The number of carbonyl (C=O) groups excluding carboxylic acids is 2. The molecule has 1 aromatic carbocycles. The first-order valence-corrected chi connectivity index (χ1v) is 20.4. The SMILES string of the molecule is O=C(Br)CC1(CC2(CC(=O)Br)C3=C(NC4CCCCC4=C3)c3c2ccc2cnccc32)C2=CC=C3C=CC=CC3C2C2=C1C=C1CCCCC1N2. The maximum absolute atomic E-state index is 13.8. The third-order valence-corrected chi connectivity index (χ3v) is 14.0. The molecule has 2 fully saturated rings. The summed E-state index contributed by atoms with van der Waals surface area (Å²) in [6, 6.07) is 7.21. The molecule has 0 bridgehead atoms. The van der Waals surface area contributed by atoms with Crippen LogP contribution < -0.4 is 10.6 Å². The smallest absolute Gasteiger partial charge is 0.199 e. The highest BCUT2D eigenvalue weighted by Gasteiger charge is 2.60. The van der Waals surface area contributed by atoms with Crippen molar-refractivity contribution in [2.75, 3.05) is 0 Å². The molecule has 0 spiro atoms. The molecular weight excluding hydrogens is 762 g/mol. The summed E-state index contributed by atoms with van der Waals surface area (Å²) in [6.45, 7) is 0. The van der Waals surface area contributed by atoms with Crippen molar-refractivity contribution in [3.63, 3.8) is 0 Å². The normalized spacial score (nSPS) is 32.5. The standard InChI is InChI=1S/C44H41Br2N3O2/c45-37(50)21-43(31-15-13-25-7-1-4-10-29(25)39(31)41-33(43)19-26-8-2-5-11-35(26)48-41)24-44(22-38(46)51)32-16-14-28-23-47-18-17-30(28)40(32)42-34(44)20-27-9-3-6-12-36(27)49-42/h1,4,7,10,13-20,23,29,35-36,39,48-49H,2-3,5-6,8-9,11-12,21-22,24H2. The number of halogens is 2. The highest BCUT2D eigenvalue weighted by atomic mass is 79.9. The number of hydrogen-bond donors (Lipinski definition) is 2. The largest absolute Gasteiger partial charge is 0.381 e. The van der Waals surface area contributed by atoms with Crippen LogP contribution in [-0.2, 0) is 15.0 Å². The van der Waals surface area contributed by atoms with Crippen molar-refractivity contribution >= 4 is 57.7 Å². The molecule has 8 aliphatic rings. The molecule has 0 amide bonds. The fraction of sp³-hybridized carbons (Fsp3) is 0.386. The molecule has 51 heavy (non-hydrogen) atoms. The second-order valence-corrected chi connectivity index (χ2v) is 17.7. The Morgan fingerprint density at radius 2 is 1.59 bits per heavy atom. The molecule has 7 heteroatoms. The Hall–Kier alpha value is -3.55. The highest BCUT2D eigenvalue weighted by Crippen LogP contribution is 2.67. The summed E-state index contributed by atoms with van der Waals surface area (Å²) in [5.41, 5.74) is 11.4. The Balaban J connectivity index is 1.26. The Kier molecular flexibility index (Phi) is 7.55. The third-order valence-electron chi connectivity index (χ3n) is 13.4. The van der Waals surface area contributed by atoms with E-state index in [4.69, 9.17) is 0 Å². The van der Waals surface area contributed by atoms with Crippen molar-refractivity contribution in [3.05, 3.63) is 129 Å². The number of nitrogens with one attached hydrogen (secondary N) is 2. The summed E-state index contributed by atoms with van der Waals surface area (Å²) in [7, 11) is 0. The molecule has 6 aliphatic carbocycles. The molecule has 2 saturated carbocycles. The first-order chi connectivity index (χ1) is 24.9. The molecule has 10 rings (SSSR count). The molecule has 0 radical (unpaired) electrons. The van der Waals surface area contributed by atoms with E-state index in [1.807, 2.05) is 12.4 Å². The van der Waals surface area contributed by atoms with Crippen LogP contribution in [0.4, 0.5) is 0 Å². The summed E-state index contributed by atoms with van der Waals surface area (Å²) >= 11 is 6.98. The van der Waals surface area contributed by atoms with Crippen LogP contribution in [0.15, 0.2) is 118 Å². The van der Waals surface area contributed by atoms with Crippen molar-refractivity contribution in [1.82, 2.24) is 15.6 Å². The second-order valence-electron chi connectivity index (χ2n) is 16.0. The van der Waals surface area contributed by atoms with Crippen molar-refractivity contribution < 1.29 is 9.59 Å². The number of nitrogens with zero attached hydrogens (tertiary/aromatic N) is 1. The van der Waals surface area contributed by atoms with Crippen LogP contribution in [0.5, 0.6) is 0 Å². The van der Waals surface area contributed by atoms with E-state index in [0.29, 0.717) is 31.3 Å². The maximum atomic E-state index is 13.8. The van der Waals surface area contributed by atoms with Crippen LogP contribution in [0, 0.1) is 17.3 Å². The minimum absolute atomic E-state index is 0.00118. The predicted molar refractivity (Wildman–Crippen MR) is 210 cm³/mol. The lowest BCUT2D eigenvalue weighted by molar-refractivity contribution is -0.111. The van der Waals surface area contributed by atoms with Crippen molar-refractivity contribution in [2.24, 2.45) is 17.3 Å². The summed E-state index contributed by atoms with van der Waals surface area (Å²) in [4.78, 5) is 32.0. The van der Waals surface area contributed by atoms with Gasteiger partial charge in [0.2, 0.25) is 0 Å². The molecule has 2 aromatic rings. The summed E-state index contributed by atoms with van der Waals surface area (Å²) in [6.07, 6.45) is 32.8. The van der Waals surface area contributed by atoms with Gasteiger partial charge in [-0.25, -0.2) is 0 Å². The fourth-order valence-electron chi connectivity index (χ4n) is 11.4. The molecule has 2 aliphatic heterocycles. The molecule has 258 valence electrons. The topological polar surface area (TPSA) is 71.1 Å². The number of fused-ring (bicyclic) bond motifs is 10. The van der Waals surface area contributed by atoms with Gasteiger partial charge in [0.1, 0.15) is 0 Å². The van der Waals surface area contributed by atoms with Gasteiger partial charge in [-0.1, -0.05) is 73.6 Å². The monoisotopic (exact) mass is 801 g/mol. The van der Waals surface area contributed by atoms with E-state index in [9.17, 15) is 9.59 Å². The molecule has 2 N–H and O–H groups in total. The van der Waals surface area contributed by atoms with Gasteiger partial charge >= 0.3 is 0 Å². The fourth-order valence-corrected chi connectivity index (χ4v) is 12.3. The maximum Gasteiger partial charge on any atom is 0.199 e. The average molecular weight is 804 g/mol. The van der Waals surface area contributed by atoms with Gasteiger partial charge in [0.05, 0.1) is 0 Å². The molecule has 3 heterocycles. The van der Waals surface area contributed by atoms with Crippen LogP contribution in [-0.4, -0.2) is 26.5 Å². The lowest BCUT2D eigenvalue weighted by Gasteiger charge is -2.45. The number of pyridine rings is 1. The van der Waals surface area contributed by atoms with Gasteiger partial charge in [-0.3, -0.25) is 14.6 Å². The van der Waals surface area contributed by atoms with Crippen LogP contribution in [0.25, 0.3) is 16.5 Å². The van der Waals surface area contributed by atoms with E-state index in [0.717, 1.165) is 42.2 Å². The van der Waals surface area contributed by atoms with Gasteiger partial charge in [-0.15, -0.1) is 0 Å². The van der Waals surface area contributed by atoms with Gasteiger partial charge in [-0.05, 0) is 127 Å². The summed E-state index contributed by atoms with van der Waals surface area (Å²) in [5.74, 6) is 0.294. The summed E-state index contributed by atoms with van der Waals surface area (Å²) in [5, 5.41) is 10.5. The molecule has 6 unspecified atom stereocenters. The van der Waals surface area contributed by atoms with E-state index in [-0.39, 0.29) is 21.2 Å². The lowest BCUT2D eigenvalue weighted by atomic mass is 9.57. The Morgan fingerprint density at radius 1 is 0.843 bits per heavy atom. The lowest BCUT2D eigenvalue weighted by Crippen LogP contribution is -2.41. The molecule has 6 atom stereocenters. The number of hydrogen-bond acceptors (Lipinski definition) is 5. The zero-order chi connectivity index (χ0) is 34.5. The number of dihydropyridines is 2. The van der Waals surface area contributed by atoms with Crippen LogP contribution in [0.1, 0.15) is 81.8 Å². The van der Waals surface area contributed by atoms with Crippen LogP contribution in [0.2, 0.25) is 0 Å². The van der Waals surface area contributed by atoms with Crippen molar-refractivity contribution in [3.8, 4) is 0 Å². The van der Waals surface area contributed by atoms with E-state index in [1.54, 1.807) is 0 Å². The average Bonchev–Trinajstić information content (AvgIpc) is 3.54. The number of benzene rings is 1. The molecule has 5 nitrogen and oxygen atoms in total. The van der Waals surface area contributed by atoms with Gasteiger partial charge < -0.3 is 10.6 Å². The van der Waals surface area contributed by atoms with Gasteiger partial charge in [-0.2, -0.15) is 0 Å². The Labute approximate surface area is 316 Å². The zero-order valence-corrected chi connectivity index (χ0v) is 31.8. The number of allylic oxidation sites excluding steroid dienone is 12. The number of aromatic nitrogens is 1. The molecular formula is C44H41Br2N3O2. The van der Waals surface area contributed by atoms with Crippen LogP contribution in [0.3, 0.4) is 0 Å². The minimum atomic E-state index is -0.685. The quantitative estimate of drug-likeness (QED) is 0.285. The van der Waals surface area contributed by atoms with Gasteiger partial charge in [0.25, 0.3) is 0 Å². The van der Waals surface area contributed by atoms with Gasteiger partial charge in [0, 0.05) is 82.3 Å². The first-order valence-electron chi connectivity index (χ1n) is 18.8. The van der Waals surface area contributed by atoms with E-state index >= 15 is 0 Å². The first kappa shape index (κ1) is 32.1. The second kappa shape index (κ2) is 12.0. The minimum Gasteiger partial charge on any atom is -0.381 e. The van der Waals surface area contributed by atoms with E-state index in [1.165, 1.54) is 75.9 Å². The number of carbonyl (C=O) groups is 2. The Morgan fingerprint density at radius 3 is 2.37 bits per heavy atom. The highest BCUT2D eigenvalue weighted by molar-refractivity contribution is 9.18. The van der Waals surface area contributed by atoms with Crippen molar-refractivity contribution in [2.45, 2.75) is 88.1 Å². The third kappa shape index (κ3) is 4.79. The molecule has 1 aromatic heterocycles. The van der Waals surface area contributed by atoms with E-state index < -0.39 is 10.8 Å². The van der Waals surface area contributed by atoms with Gasteiger partial charge in [0.15, 0.2) is 9.39 Å². The molecule has 0 saturated heterocycles. The number of rotatable bonds is 6. The van der Waals surface area contributed by atoms with Crippen molar-refractivity contribution in [1.29, 1.82) is 0 Å². The van der Waals surface area contributed by atoms with E-state index in [2.05, 4.69) is 114 Å². The van der Waals surface area contributed by atoms with Crippen LogP contribution >= 0.6 is 31.9 Å². The zero-order valence-electron chi connectivity index (χ0n) is 28.6. The summed E-state index contributed by atoms with van der Waals surface area (Å²) < 4.78 is -0.0170. The predicted octanol–water partition coefficient (Wildman–Crippen LogP) is 9.63. The Bertz CT molecular complexity index is 2200.